The molecule has 15 heavy (non-hydrogen) atoms. The average Bonchev–Trinajstić information content (AvgIpc) is 2.46. The average molecular weight is 274 g/mol. The predicted octanol–water partition coefficient (Wildman–Crippen LogP) is 2.65. The quantitative estimate of drug-likeness (QED) is 0.808. The van der Waals surface area contributed by atoms with E-state index in [0.29, 0.717) is 0 Å². The fraction of sp³-hybridized carbons (Fsp3) is 0.727. The molecule has 1 aromatic rings. The van der Waals surface area contributed by atoms with Crippen molar-refractivity contribution in [2.75, 3.05) is 13.1 Å². The van der Waals surface area contributed by atoms with Gasteiger partial charge in [0.2, 0.25) is 0 Å². The van der Waals surface area contributed by atoms with Crippen molar-refractivity contribution < 1.29 is 0 Å². The van der Waals surface area contributed by atoms with Gasteiger partial charge in [-0.15, -0.1) is 0 Å². The van der Waals surface area contributed by atoms with Crippen LogP contribution in [-0.2, 0) is 6.54 Å². The predicted molar refractivity (Wildman–Crippen MR) is 67.2 cm³/mol. The van der Waals surface area contributed by atoms with E-state index in [9.17, 15) is 0 Å². The third kappa shape index (κ3) is 3.61. The highest BCUT2D eigenvalue weighted by atomic mass is 79.9. The minimum atomic E-state index is 1.02. The van der Waals surface area contributed by atoms with E-state index in [1.165, 1.54) is 18.5 Å². The first-order valence-electron chi connectivity index (χ1n) is 5.57. The van der Waals surface area contributed by atoms with Crippen molar-refractivity contribution in [1.29, 1.82) is 0 Å². The number of nitrogens with zero attached hydrogens (tertiary/aromatic N) is 2. The normalized spacial score (nSPS) is 10.9. The lowest BCUT2D eigenvalue weighted by atomic mass is 10.3. The second kappa shape index (κ2) is 6.28. The summed E-state index contributed by atoms with van der Waals surface area (Å²) in [7, 11) is 0. The summed E-state index contributed by atoms with van der Waals surface area (Å²) in [6.45, 7) is 9.46. The summed E-state index contributed by atoms with van der Waals surface area (Å²) in [6.07, 6.45) is 2.39. The topological polar surface area (TPSA) is 29.9 Å². The van der Waals surface area contributed by atoms with Gasteiger partial charge >= 0.3 is 0 Å². The van der Waals surface area contributed by atoms with Gasteiger partial charge in [-0.25, -0.2) is 0 Å². The second-order valence-electron chi connectivity index (χ2n) is 3.77. The lowest BCUT2D eigenvalue weighted by Gasteiger charge is -2.04. The monoisotopic (exact) mass is 273 g/mol. The van der Waals surface area contributed by atoms with Crippen LogP contribution >= 0.6 is 15.9 Å². The second-order valence-corrected chi connectivity index (χ2v) is 4.56. The van der Waals surface area contributed by atoms with Crippen LogP contribution in [0.25, 0.3) is 0 Å². The van der Waals surface area contributed by atoms with Crippen LogP contribution in [0.2, 0.25) is 0 Å². The lowest BCUT2D eigenvalue weighted by molar-refractivity contribution is 0.528. The summed E-state index contributed by atoms with van der Waals surface area (Å²) >= 11 is 3.54. The zero-order valence-electron chi connectivity index (χ0n) is 9.81. The van der Waals surface area contributed by atoms with Gasteiger partial charge in [-0.05, 0) is 55.7 Å². The molecule has 0 atom stereocenters. The number of nitrogens with one attached hydrogen (secondary N) is 1. The fourth-order valence-electron chi connectivity index (χ4n) is 1.58. The van der Waals surface area contributed by atoms with Crippen LogP contribution in [0.5, 0.6) is 0 Å². The largest absolute Gasteiger partial charge is 0.317 e. The molecule has 0 aliphatic heterocycles. The van der Waals surface area contributed by atoms with Crippen LogP contribution in [0.3, 0.4) is 0 Å². The van der Waals surface area contributed by atoms with Gasteiger partial charge < -0.3 is 5.32 Å². The first kappa shape index (κ1) is 12.7. The van der Waals surface area contributed by atoms with E-state index in [1.807, 2.05) is 6.92 Å². The third-order valence-electron chi connectivity index (χ3n) is 2.52. The molecule has 0 aliphatic rings. The molecule has 1 aromatic heterocycles. The van der Waals surface area contributed by atoms with Crippen LogP contribution in [0.15, 0.2) is 4.47 Å². The molecule has 4 heteroatoms. The Morgan fingerprint density at radius 2 is 2.07 bits per heavy atom. The van der Waals surface area contributed by atoms with Gasteiger partial charge in [0, 0.05) is 12.2 Å². The van der Waals surface area contributed by atoms with Crippen LogP contribution in [-0.4, -0.2) is 22.9 Å². The summed E-state index contributed by atoms with van der Waals surface area (Å²) in [5, 5.41) is 7.80. The Morgan fingerprint density at radius 1 is 1.33 bits per heavy atom. The van der Waals surface area contributed by atoms with E-state index in [2.05, 4.69) is 44.9 Å². The molecule has 0 saturated heterocycles. The first-order valence-corrected chi connectivity index (χ1v) is 6.36. The number of unbranched alkanes of at least 4 members (excludes halogenated alkanes) is 1. The molecule has 86 valence electrons. The van der Waals surface area contributed by atoms with Crippen molar-refractivity contribution in [3.63, 3.8) is 0 Å². The molecule has 3 nitrogen and oxygen atoms in total. The van der Waals surface area contributed by atoms with Crippen molar-refractivity contribution in [2.24, 2.45) is 0 Å². The molecule has 0 spiro atoms. The molecule has 1 heterocycles. The van der Waals surface area contributed by atoms with E-state index in [1.54, 1.807) is 0 Å². The number of hydrogen-bond acceptors (Lipinski definition) is 2. The molecular formula is C11H20BrN3. The number of halogens is 1. The Balaban J connectivity index is 2.34. The van der Waals surface area contributed by atoms with E-state index >= 15 is 0 Å². The summed E-state index contributed by atoms with van der Waals surface area (Å²) in [4.78, 5) is 0. The Bertz CT molecular complexity index is 307. The van der Waals surface area contributed by atoms with E-state index in [-0.39, 0.29) is 0 Å². The van der Waals surface area contributed by atoms with Gasteiger partial charge in [-0.2, -0.15) is 5.10 Å². The summed E-state index contributed by atoms with van der Waals surface area (Å²) in [6, 6.07) is 0. The van der Waals surface area contributed by atoms with E-state index < -0.39 is 0 Å². The van der Waals surface area contributed by atoms with E-state index in [4.69, 9.17) is 0 Å². The molecular weight excluding hydrogens is 254 g/mol. The standard InChI is InChI=1S/C11H20BrN3/c1-4-13-7-5-6-8-15-10(3)11(12)9(2)14-15/h13H,4-8H2,1-3H3. The van der Waals surface area contributed by atoms with Gasteiger partial charge in [-0.1, -0.05) is 6.92 Å². The molecule has 1 rings (SSSR count). The fourth-order valence-corrected chi connectivity index (χ4v) is 1.87. The van der Waals surface area contributed by atoms with Gasteiger partial charge in [0.15, 0.2) is 0 Å². The van der Waals surface area contributed by atoms with Crippen molar-refractivity contribution in [2.45, 2.75) is 40.2 Å². The molecule has 0 aromatic carbocycles. The molecule has 0 bridgehead atoms. The summed E-state index contributed by atoms with van der Waals surface area (Å²) < 4.78 is 3.24. The minimum Gasteiger partial charge on any atom is -0.317 e. The maximum atomic E-state index is 4.48. The minimum absolute atomic E-state index is 1.02. The highest BCUT2D eigenvalue weighted by molar-refractivity contribution is 9.10. The van der Waals surface area contributed by atoms with Crippen molar-refractivity contribution in [3.05, 3.63) is 15.9 Å². The van der Waals surface area contributed by atoms with Crippen molar-refractivity contribution in [3.8, 4) is 0 Å². The van der Waals surface area contributed by atoms with Gasteiger partial charge in [-0.3, -0.25) is 4.68 Å². The van der Waals surface area contributed by atoms with E-state index in [0.717, 1.165) is 29.8 Å². The van der Waals surface area contributed by atoms with Gasteiger partial charge in [0.1, 0.15) is 0 Å². The number of hydrogen-bond donors (Lipinski definition) is 1. The summed E-state index contributed by atoms with van der Waals surface area (Å²) in [5.74, 6) is 0. The number of aryl methyl sites for hydroxylation is 2. The Labute approximate surface area is 100 Å². The first-order chi connectivity index (χ1) is 7.16. The molecule has 1 N–H and O–H groups in total. The zero-order chi connectivity index (χ0) is 11.3. The number of aromatic nitrogens is 2. The molecule has 0 fully saturated rings. The van der Waals surface area contributed by atoms with Crippen LogP contribution in [0, 0.1) is 13.8 Å². The smallest absolute Gasteiger partial charge is 0.0738 e. The molecule has 0 radical (unpaired) electrons. The van der Waals surface area contributed by atoms with Crippen molar-refractivity contribution in [1.82, 2.24) is 15.1 Å². The Kier molecular flexibility index (Phi) is 5.32. The van der Waals surface area contributed by atoms with Crippen LogP contribution < -0.4 is 5.32 Å². The summed E-state index contributed by atoms with van der Waals surface area (Å²) in [5.41, 5.74) is 2.31. The maximum absolute atomic E-state index is 4.48. The maximum Gasteiger partial charge on any atom is 0.0738 e. The SMILES string of the molecule is CCNCCCCn1nc(C)c(Br)c1C. The van der Waals surface area contributed by atoms with Crippen molar-refractivity contribution >= 4 is 15.9 Å². The molecule has 0 aliphatic carbocycles. The van der Waals surface area contributed by atoms with Crippen LogP contribution in [0.1, 0.15) is 31.2 Å². The zero-order valence-corrected chi connectivity index (χ0v) is 11.4. The highest BCUT2D eigenvalue weighted by Crippen LogP contribution is 2.19. The third-order valence-corrected chi connectivity index (χ3v) is 3.66. The molecule has 0 saturated carbocycles. The highest BCUT2D eigenvalue weighted by Gasteiger charge is 2.07. The van der Waals surface area contributed by atoms with Gasteiger partial charge in [0.05, 0.1) is 10.2 Å². The van der Waals surface area contributed by atoms with Crippen LogP contribution in [0.4, 0.5) is 0 Å². The molecule has 0 amide bonds. The Hall–Kier alpha value is -0.350. The molecule has 0 unspecified atom stereocenters. The van der Waals surface area contributed by atoms with Gasteiger partial charge in [0.25, 0.3) is 0 Å². The number of rotatable bonds is 6. The lowest BCUT2D eigenvalue weighted by Crippen LogP contribution is -2.14. The Morgan fingerprint density at radius 3 is 2.60 bits per heavy atom.